The second kappa shape index (κ2) is 10.4. The molecule has 2 heterocycles. The minimum absolute atomic E-state index is 0. The Balaban J connectivity index is 0.00000261. The number of hydrogen-bond acceptors (Lipinski definition) is 4. The number of likely N-dealkylation sites (N-methyl/N-ethyl adjacent to an activating group) is 1. The average molecular weight is 392 g/mol. The van der Waals surface area contributed by atoms with E-state index in [4.69, 9.17) is 0 Å². The highest BCUT2D eigenvalue weighted by Gasteiger charge is 2.21. The molecule has 0 aliphatic carbocycles. The van der Waals surface area contributed by atoms with E-state index in [0.29, 0.717) is 24.8 Å². The van der Waals surface area contributed by atoms with Gasteiger partial charge < -0.3 is 15.1 Å². The van der Waals surface area contributed by atoms with Gasteiger partial charge in [-0.25, -0.2) is 0 Å². The van der Waals surface area contributed by atoms with Crippen molar-refractivity contribution in [1.82, 2.24) is 24.9 Å². The summed E-state index contributed by atoms with van der Waals surface area (Å²) in [5.74, 6) is -0.00165. The van der Waals surface area contributed by atoms with Crippen LogP contribution in [0, 0.1) is 0 Å². The average Bonchev–Trinajstić information content (AvgIpc) is 3.16. The fourth-order valence-corrected chi connectivity index (χ4v) is 3.25. The largest absolute Gasteiger partial charge is 0.332 e. The second-order valence-corrected chi connectivity index (χ2v) is 7.20. The van der Waals surface area contributed by atoms with E-state index in [1.807, 2.05) is 54.1 Å². The maximum absolute atomic E-state index is 13.1. The van der Waals surface area contributed by atoms with E-state index in [-0.39, 0.29) is 18.3 Å². The van der Waals surface area contributed by atoms with E-state index < -0.39 is 0 Å². The van der Waals surface area contributed by atoms with Crippen LogP contribution < -0.4 is 5.32 Å². The normalized spacial score (nSPS) is 16.8. The summed E-state index contributed by atoms with van der Waals surface area (Å²) in [7, 11) is 4.05. The van der Waals surface area contributed by atoms with Crippen LogP contribution in [0.25, 0.3) is 0 Å². The molecule has 1 aromatic heterocycles. The summed E-state index contributed by atoms with van der Waals surface area (Å²) in [6, 6.07) is 12.3. The minimum Gasteiger partial charge on any atom is -0.332 e. The summed E-state index contributed by atoms with van der Waals surface area (Å²) >= 11 is 0. The van der Waals surface area contributed by atoms with Gasteiger partial charge in [0, 0.05) is 32.4 Å². The van der Waals surface area contributed by atoms with Gasteiger partial charge >= 0.3 is 0 Å². The van der Waals surface area contributed by atoms with Gasteiger partial charge in [-0.2, -0.15) is 5.10 Å². The van der Waals surface area contributed by atoms with Crippen molar-refractivity contribution in [1.29, 1.82) is 0 Å². The number of carbonyl (C=O) groups excluding carboxylic acids is 1. The van der Waals surface area contributed by atoms with Crippen LogP contribution in [0.15, 0.2) is 42.6 Å². The summed E-state index contributed by atoms with van der Waals surface area (Å²) in [5, 5.41) is 7.99. The van der Waals surface area contributed by atoms with Crippen LogP contribution in [-0.4, -0.2) is 65.8 Å². The van der Waals surface area contributed by atoms with Crippen molar-refractivity contribution in [2.24, 2.45) is 0 Å². The first-order valence-corrected chi connectivity index (χ1v) is 9.37. The maximum atomic E-state index is 13.1. The molecular formula is C20H30ClN5O. The van der Waals surface area contributed by atoms with E-state index in [9.17, 15) is 4.79 Å². The Bertz CT molecular complexity index is 697. The van der Waals surface area contributed by atoms with E-state index in [1.54, 1.807) is 0 Å². The zero-order valence-electron chi connectivity index (χ0n) is 16.2. The molecule has 6 nitrogen and oxygen atoms in total. The molecule has 2 aromatic rings. The van der Waals surface area contributed by atoms with E-state index >= 15 is 0 Å². The molecule has 1 amide bonds. The Labute approximate surface area is 167 Å². The number of hydrogen-bond donors (Lipinski definition) is 1. The van der Waals surface area contributed by atoms with Crippen molar-refractivity contribution in [3.63, 3.8) is 0 Å². The van der Waals surface area contributed by atoms with Crippen LogP contribution in [0.2, 0.25) is 0 Å². The Hall–Kier alpha value is -1.89. The lowest BCUT2D eigenvalue weighted by atomic mass is 10.1. The molecule has 148 valence electrons. The van der Waals surface area contributed by atoms with Gasteiger partial charge in [-0.15, -0.1) is 12.4 Å². The molecule has 0 bridgehead atoms. The molecule has 0 spiro atoms. The summed E-state index contributed by atoms with van der Waals surface area (Å²) in [4.78, 5) is 17.1. The van der Waals surface area contributed by atoms with Gasteiger partial charge in [0.15, 0.2) is 0 Å². The number of rotatable bonds is 7. The highest BCUT2D eigenvalue weighted by Crippen LogP contribution is 2.17. The first kappa shape index (κ1) is 21.4. The molecule has 7 heteroatoms. The monoisotopic (exact) mass is 391 g/mol. The Morgan fingerprint density at radius 2 is 2.00 bits per heavy atom. The highest BCUT2D eigenvalue weighted by atomic mass is 35.5. The Morgan fingerprint density at radius 3 is 2.67 bits per heavy atom. The van der Waals surface area contributed by atoms with E-state index in [1.165, 1.54) is 0 Å². The maximum Gasteiger partial charge on any atom is 0.274 e. The first-order chi connectivity index (χ1) is 12.6. The van der Waals surface area contributed by atoms with Gasteiger partial charge in [0.2, 0.25) is 0 Å². The van der Waals surface area contributed by atoms with Gasteiger partial charge in [-0.3, -0.25) is 9.48 Å². The second-order valence-electron chi connectivity index (χ2n) is 7.20. The van der Waals surface area contributed by atoms with Crippen molar-refractivity contribution < 1.29 is 4.79 Å². The molecule has 1 fully saturated rings. The Kier molecular flexibility index (Phi) is 8.28. The molecule has 1 aromatic carbocycles. The first-order valence-electron chi connectivity index (χ1n) is 9.37. The fourth-order valence-electron chi connectivity index (χ4n) is 3.25. The fraction of sp³-hybridized carbons (Fsp3) is 0.500. The van der Waals surface area contributed by atoms with Crippen molar-refractivity contribution in [3.05, 3.63) is 53.9 Å². The van der Waals surface area contributed by atoms with Crippen LogP contribution in [-0.2, 0) is 6.54 Å². The topological polar surface area (TPSA) is 53.4 Å². The number of aromatic nitrogens is 2. The standard InChI is InChI=1S/C20H29N5O.ClH/c1-23(2)13-14-24(16-17-7-4-3-5-8-17)20(26)19-10-12-25(22-19)18-9-6-11-21-15-18;/h3-5,7-8,10,12,18,21H,6,9,11,13-16H2,1-2H3;1H. The third-order valence-electron chi connectivity index (χ3n) is 4.79. The van der Waals surface area contributed by atoms with Crippen molar-refractivity contribution in [2.45, 2.75) is 25.4 Å². The van der Waals surface area contributed by atoms with Crippen LogP contribution >= 0.6 is 12.4 Å². The van der Waals surface area contributed by atoms with E-state index in [0.717, 1.165) is 38.0 Å². The minimum atomic E-state index is -0.00165. The molecule has 3 rings (SSSR count). The number of halogens is 1. The summed E-state index contributed by atoms with van der Waals surface area (Å²) in [6.45, 7) is 4.10. The summed E-state index contributed by atoms with van der Waals surface area (Å²) in [6.07, 6.45) is 4.20. The summed E-state index contributed by atoms with van der Waals surface area (Å²) < 4.78 is 1.95. The number of carbonyl (C=O) groups is 1. The summed E-state index contributed by atoms with van der Waals surface area (Å²) in [5.41, 5.74) is 1.67. The molecular weight excluding hydrogens is 362 g/mol. The zero-order chi connectivity index (χ0) is 18.4. The number of piperidine rings is 1. The number of benzene rings is 1. The molecule has 1 saturated heterocycles. The molecule has 27 heavy (non-hydrogen) atoms. The van der Waals surface area contributed by atoms with Crippen LogP contribution in [0.5, 0.6) is 0 Å². The number of nitrogens with one attached hydrogen (secondary N) is 1. The van der Waals surface area contributed by atoms with Crippen LogP contribution in [0.4, 0.5) is 0 Å². The van der Waals surface area contributed by atoms with Crippen LogP contribution in [0.3, 0.4) is 0 Å². The van der Waals surface area contributed by atoms with Crippen molar-refractivity contribution >= 4 is 18.3 Å². The number of nitrogens with zero attached hydrogens (tertiary/aromatic N) is 4. The predicted molar refractivity (Wildman–Crippen MR) is 110 cm³/mol. The molecule has 1 unspecified atom stereocenters. The van der Waals surface area contributed by atoms with E-state index in [2.05, 4.69) is 27.4 Å². The molecule has 1 aliphatic rings. The molecule has 1 aliphatic heterocycles. The van der Waals surface area contributed by atoms with Gasteiger partial charge in [0.1, 0.15) is 5.69 Å². The van der Waals surface area contributed by atoms with Crippen molar-refractivity contribution in [2.75, 3.05) is 40.3 Å². The van der Waals surface area contributed by atoms with Gasteiger partial charge in [-0.1, -0.05) is 30.3 Å². The van der Waals surface area contributed by atoms with Crippen LogP contribution in [0.1, 0.15) is 34.9 Å². The molecule has 1 atom stereocenters. The van der Waals surface area contributed by atoms with Gasteiger partial charge in [0.25, 0.3) is 5.91 Å². The smallest absolute Gasteiger partial charge is 0.274 e. The lowest BCUT2D eigenvalue weighted by molar-refractivity contribution is 0.0724. The lowest BCUT2D eigenvalue weighted by Crippen LogP contribution is -2.36. The quantitative estimate of drug-likeness (QED) is 0.787. The van der Waals surface area contributed by atoms with Gasteiger partial charge in [-0.05, 0) is 45.1 Å². The highest BCUT2D eigenvalue weighted by molar-refractivity contribution is 5.92. The number of amides is 1. The third-order valence-corrected chi connectivity index (χ3v) is 4.79. The van der Waals surface area contributed by atoms with Gasteiger partial charge in [0.05, 0.1) is 6.04 Å². The predicted octanol–water partition coefficient (Wildman–Crippen LogP) is 2.43. The molecule has 0 radical (unpaired) electrons. The molecule has 1 N–H and O–H groups in total. The lowest BCUT2D eigenvalue weighted by Gasteiger charge is -2.24. The molecule has 0 saturated carbocycles. The SMILES string of the molecule is CN(C)CCN(Cc1ccccc1)C(=O)c1ccn(C2CCCNC2)n1.Cl. The Morgan fingerprint density at radius 1 is 1.22 bits per heavy atom. The van der Waals surface area contributed by atoms with Crippen molar-refractivity contribution in [3.8, 4) is 0 Å². The third kappa shape index (κ3) is 6.06. The zero-order valence-corrected chi connectivity index (χ0v) is 17.0.